The molecule has 0 saturated heterocycles. The van der Waals surface area contributed by atoms with E-state index in [9.17, 15) is 33.9 Å². The summed E-state index contributed by atoms with van der Waals surface area (Å²) in [5.74, 6) is 17.6. The maximum Gasteiger partial charge on any atom is 0.419 e. The molecule has 4 aliphatic carbocycles. The largest absolute Gasteiger partial charge is 0.461 e. The van der Waals surface area contributed by atoms with E-state index in [4.69, 9.17) is 59.6 Å². The lowest BCUT2D eigenvalue weighted by Gasteiger charge is -2.34. The SMILES string of the molecule is CC(C)(C)C1CCc2nc3c(C#CCCO)c(C(N)=O)[nH]c3cc2C1.CCOC(=O)c1[nH]c2cc3c(nc2c1C#CCCO)CCC(C(C)(C)C)C3.CCOC(=O)c1c(Br)c2nc3c(cc2n1C(=O)OC(C)(C)C)CC(C(C)(C)C)CC3.CCOC(=O)c1c(C#CCCO)c2nc3c(cc2n1C(=O)OC(C)(C)C)CC(C(C)(C)C)CC3. The van der Waals surface area contributed by atoms with Crippen LogP contribution >= 0.6 is 15.9 Å². The van der Waals surface area contributed by atoms with E-state index >= 15 is 0 Å². The number of H-pyrrole nitrogens is 2. The molecule has 23 nitrogen and oxygen atoms in total. The number of hydrogen-bond donors (Lipinski definition) is 6. The van der Waals surface area contributed by atoms with Crippen LogP contribution in [0.5, 0.6) is 0 Å². The number of ether oxygens (including phenoxy) is 5. The van der Waals surface area contributed by atoms with E-state index in [1.54, 1.807) is 62.3 Å². The van der Waals surface area contributed by atoms with Crippen LogP contribution < -0.4 is 5.73 Å². The number of esters is 3. The van der Waals surface area contributed by atoms with E-state index in [1.807, 2.05) is 12.1 Å². The van der Waals surface area contributed by atoms with E-state index in [0.29, 0.717) is 103 Å². The number of amides is 1. The van der Waals surface area contributed by atoms with Gasteiger partial charge in [-0.3, -0.25) is 4.79 Å². The molecular weight excluding hydrogens is 1530 g/mol. The molecule has 0 saturated carbocycles. The summed E-state index contributed by atoms with van der Waals surface area (Å²) in [4.78, 5) is 102. The minimum atomic E-state index is -0.763. The number of primary amides is 1. The number of aliphatic hydroxyl groups excluding tert-OH is 3. The average Bonchev–Trinajstić information content (AvgIpc) is 1.59. The van der Waals surface area contributed by atoms with Gasteiger partial charge in [-0.25, -0.2) is 53.0 Å². The van der Waals surface area contributed by atoms with Crippen LogP contribution in [0.4, 0.5) is 9.59 Å². The number of aliphatic hydroxyl groups is 3. The molecular formula is C92H120BrN9O14. The molecule has 4 atom stereocenters. The highest BCUT2D eigenvalue weighted by Crippen LogP contribution is 2.44. The van der Waals surface area contributed by atoms with Crippen LogP contribution in [0.2, 0.25) is 0 Å². The summed E-state index contributed by atoms with van der Waals surface area (Å²) >= 11 is 3.50. The third kappa shape index (κ3) is 21.5. The molecule has 0 aromatic carbocycles. The molecule has 624 valence electrons. The zero-order valence-corrected chi connectivity index (χ0v) is 73.5. The molecule has 7 N–H and O–H groups in total. The molecule has 116 heavy (non-hydrogen) atoms. The second-order valence-electron chi connectivity index (χ2n) is 36.7. The third-order valence-electron chi connectivity index (χ3n) is 21.9. The van der Waals surface area contributed by atoms with Crippen molar-refractivity contribution < 1.29 is 67.8 Å². The number of nitrogens with one attached hydrogen (secondary N) is 2. The van der Waals surface area contributed by atoms with Crippen molar-refractivity contribution in [3.63, 3.8) is 0 Å². The summed E-state index contributed by atoms with van der Waals surface area (Å²) < 4.78 is 30.0. The molecule has 12 rings (SSSR count). The summed E-state index contributed by atoms with van der Waals surface area (Å²) in [5, 5.41) is 27.1. The first-order valence-corrected chi connectivity index (χ1v) is 41.6. The Balaban J connectivity index is 0.000000178. The van der Waals surface area contributed by atoms with Gasteiger partial charge >= 0.3 is 30.1 Å². The first kappa shape index (κ1) is 90.5. The lowest BCUT2D eigenvalue weighted by Crippen LogP contribution is -2.29. The fourth-order valence-electron chi connectivity index (χ4n) is 15.4. The van der Waals surface area contributed by atoms with Crippen molar-refractivity contribution in [2.75, 3.05) is 39.6 Å². The summed E-state index contributed by atoms with van der Waals surface area (Å²) in [6, 6.07) is 8.17. The zero-order chi connectivity index (χ0) is 85.5. The molecule has 4 aliphatic rings. The number of hydrogen-bond acceptors (Lipinski definition) is 18. The quantitative estimate of drug-likeness (QED) is 0.0421. The highest BCUT2D eigenvalue weighted by Gasteiger charge is 2.39. The standard InChI is InChI=1S/C27H36N2O5.C23H31BrN2O4.C22H28N2O3.C20H25N3O2/c1-8-33-24(31)23-19(11-9-10-14-30)22-21(29(23)25(32)34-27(5,6)7)16-17-15-18(26(2,3)4)12-13-20(17)28-22;1-8-29-20(27)19-17(24)18-16(26(19)21(28)30-23(5,6)7)12-13-11-14(22(2,3)4)9-10-15(13)25-18;1-5-27-21(26)20-16(8-6-7-11-25)19-18(24-20)13-14-12-15(22(2,3)4)9-10-17(14)23-19;1-20(2,3)13-7-8-15-12(10-13)11-16-17(22-15)14(6-4-5-9-24)18(23-16)19(21)25/h16,18,30H,8,10,12-15H2,1-7H3;12,14H,8-11H2,1-7H3;13,15,24-25H,5,7,9-12H2,1-4H3;11,13,23-24H,5,7-10H2,1-3H3,(H2,21,25). The lowest BCUT2D eigenvalue weighted by atomic mass is 9.71. The van der Waals surface area contributed by atoms with Crippen LogP contribution in [0, 0.1) is 80.9 Å². The molecule has 4 unspecified atom stereocenters. The molecule has 0 spiro atoms. The van der Waals surface area contributed by atoms with Gasteiger partial charge in [0.2, 0.25) is 0 Å². The molecule has 8 heterocycles. The number of halogens is 1. The van der Waals surface area contributed by atoms with Gasteiger partial charge in [0.1, 0.15) is 44.7 Å². The van der Waals surface area contributed by atoms with Crippen molar-refractivity contribution in [1.29, 1.82) is 0 Å². The number of rotatable bonds is 10. The van der Waals surface area contributed by atoms with E-state index < -0.39 is 47.2 Å². The summed E-state index contributed by atoms with van der Waals surface area (Å²) in [7, 11) is 0. The van der Waals surface area contributed by atoms with Crippen LogP contribution in [-0.2, 0) is 75.1 Å². The van der Waals surface area contributed by atoms with Crippen LogP contribution in [0.1, 0.15) is 294 Å². The number of fused-ring (bicyclic) bond motifs is 8. The number of pyridine rings is 4. The van der Waals surface area contributed by atoms with Crippen LogP contribution in [0.15, 0.2) is 28.7 Å². The summed E-state index contributed by atoms with van der Waals surface area (Å²) in [6.07, 6.45) is 11.3. The molecule has 8 aromatic rings. The molecule has 0 fully saturated rings. The van der Waals surface area contributed by atoms with Gasteiger partial charge in [0.25, 0.3) is 5.91 Å². The maximum absolute atomic E-state index is 13.4. The van der Waals surface area contributed by atoms with Crippen molar-refractivity contribution >= 4 is 96.1 Å². The Hall–Kier alpha value is -9.38. The molecule has 24 heteroatoms. The maximum atomic E-state index is 13.4. The minimum Gasteiger partial charge on any atom is -0.461 e. The Morgan fingerprint density at radius 1 is 0.448 bits per heavy atom. The fourth-order valence-corrected chi connectivity index (χ4v) is 16.1. The summed E-state index contributed by atoms with van der Waals surface area (Å²) in [6.45, 7) is 43.7. The van der Waals surface area contributed by atoms with Gasteiger partial charge in [0.15, 0.2) is 11.4 Å². The van der Waals surface area contributed by atoms with Gasteiger partial charge in [-0.15, -0.1) is 0 Å². The number of aryl methyl sites for hydroxylation is 4. The van der Waals surface area contributed by atoms with Crippen molar-refractivity contribution in [2.24, 2.45) is 51.1 Å². The Bertz CT molecular complexity index is 5230. The number of nitrogens with two attached hydrogens (primary N) is 1. The topological polar surface area (TPSA) is 328 Å². The van der Waals surface area contributed by atoms with E-state index in [-0.39, 0.29) is 72.5 Å². The molecule has 0 radical (unpaired) electrons. The highest BCUT2D eigenvalue weighted by molar-refractivity contribution is 9.10. The van der Waals surface area contributed by atoms with Crippen LogP contribution in [-0.4, -0.2) is 141 Å². The van der Waals surface area contributed by atoms with E-state index in [1.165, 1.54) is 20.3 Å². The number of carbonyl (C=O) groups excluding carboxylic acids is 6. The molecule has 8 aromatic heterocycles. The third-order valence-corrected chi connectivity index (χ3v) is 22.6. The van der Waals surface area contributed by atoms with Crippen molar-refractivity contribution in [3.05, 3.63) is 113 Å². The van der Waals surface area contributed by atoms with E-state index in [0.717, 1.165) is 128 Å². The van der Waals surface area contributed by atoms with Crippen LogP contribution in [0.3, 0.4) is 0 Å². The minimum absolute atomic E-state index is 0.0127. The first-order chi connectivity index (χ1) is 54.4. The first-order valence-electron chi connectivity index (χ1n) is 40.8. The van der Waals surface area contributed by atoms with Gasteiger partial charge in [0.05, 0.1) is 82.9 Å². The second-order valence-corrected chi connectivity index (χ2v) is 37.5. The number of nitrogens with zero attached hydrogens (tertiary/aromatic N) is 6. The second kappa shape index (κ2) is 37.1. The van der Waals surface area contributed by atoms with Gasteiger partial charge < -0.3 is 54.7 Å². The van der Waals surface area contributed by atoms with Gasteiger partial charge in [0, 0.05) is 42.0 Å². The smallest absolute Gasteiger partial charge is 0.419 e. The molecule has 0 bridgehead atoms. The highest BCUT2D eigenvalue weighted by atomic mass is 79.9. The van der Waals surface area contributed by atoms with Crippen molar-refractivity contribution in [3.8, 4) is 35.5 Å². The van der Waals surface area contributed by atoms with Crippen LogP contribution in [0.25, 0.3) is 44.1 Å². The van der Waals surface area contributed by atoms with Crippen molar-refractivity contribution in [1.82, 2.24) is 39.0 Å². The number of aromatic amines is 2. The van der Waals surface area contributed by atoms with Gasteiger partial charge in [-0.1, -0.05) is 119 Å². The van der Waals surface area contributed by atoms with Gasteiger partial charge in [-0.05, 0) is 247 Å². The zero-order valence-electron chi connectivity index (χ0n) is 71.9. The Morgan fingerprint density at radius 3 is 1.11 bits per heavy atom. The molecule has 1 amide bonds. The predicted molar refractivity (Wildman–Crippen MR) is 455 cm³/mol. The average molecular weight is 1660 g/mol. The lowest BCUT2D eigenvalue weighted by molar-refractivity contribution is 0.0452. The Kier molecular flexibility index (Phi) is 28.9. The summed E-state index contributed by atoms with van der Waals surface area (Å²) in [5.41, 5.74) is 21.1. The Morgan fingerprint density at radius 2 is 0.759 bits per heavy atom. The van der Waals surface area contributed by atoms with Crippen molar-refractivity contribution in [2.45, 2.75) is 253 Å². The van der Waals surface area contributed by atoms with Gasteiger partial charge in [-0.2, -0.15) is 0 Å². The predicted octanol–water partition coefficient (Wildman–Crippen LogP) is 17.0. The fraction of sp³-hybridized carbons (Fsp3) is 0.565. The number of aromatic nitrogens is 8. The normalized spacial score (nSPS) is 16.6. The Labute approximate surface area is 691 Å². The number of carbonyl (C=O) groups is 6. The molecule has 0 aliphatic heterocycles. The monoisotopic (exact) mass is 1650 g/mol. The van der Waals surface area contributed by atoms with E-state index in [2.05, 4.69) is 157 Å².